The van der Waals surface area contributed by atoms with Gasteiger partial charge in [0.2, 0.25) is 0 Å². The quantitative estimate of drug-likeness (QED) is 0.822. The van der Waals surface area contributed by atoms with Crippen molar-refractivity contribution in [2.45, 2.75) is 64.7 Å². The van der Waals surface area contributed by atoms with Gasteiger partial charge in [0.15, 0.2) is 0 Å². The topological polar surface area (TPSA) is 63.1 Å². The van der Waals surface area contributed by atoms with Crippen LogP contribution in [0.15, 0.2) is 36.4 Å². The predicted molar refractivity (Wildman–Crippen MR) is 100 cm³/mol. The minimum atomic E-state index is -0.992. The van der Waals surface area contributed by atoms with E-state index in [2.05, 4.69) is 57.8 Å². The highest BCUT2D eigenvalue weighted by molar-refractivity contribution is 5.85. The van der Waals surface area contributed by atoms with Gasteiger partial charge in [-0.1, -0.05) is 46.8 Å². The van der Waals surface area contributed by atoms with Gasteiger partial charge in [-0.25, -0.2) is 9.78 Å². The molecule has 1 N–H and O–H groups in total. The van der Waals surface area contributed by atoms with Crippen molar-refractivity contribution >= 4 is 5.97 Å². The Morgan fingerprint density at radius 3 is 2.12 bits per heavy atom. The van der Waals surface area contributed by atoms with Gasteiger partial charge >= 0.3 is 5.97 Å². The van der Waals surface area contributed by atoms with E-state index in [9.17, 15) is 9.90 Å². The van der Waals surface area contributed by atoms with Gasteiger partial charge in [-0.05, 0) is 37.1 Å². The highest BCUT2D eigenvalue weighted by Gasteiger charge is 2.32. The molecule has 0 radical (unpaired) electrons. The first kappa shape index (κ1) is 19.1. The number of hydrogen-bond acceptors (Lipinski definition) is 3. The van der Waals surface area contributed by atoms with Gasteiger partial charge in [0.1, 0.15) is 5.69 Å². The van der Waals surface area contributed by atoms with E-state index in [1.807, 2.05) is 6.07 Å². The fourth-order valence-corrected chi connectivity index (χ4v) is 3.14. The van der Waals surface area contributed by atoms with E-state index in [1.54, 1.807) is 6.07 Å². The monoisotopic (exact) mass is 340 g/mol. The second kappa shape index (κ2) is 7.34. The summed E-state index contributed by atoms with van der Waals surface area (Å²) >= 11 is 0. The van der Waals surface area contributed by atoms with Crippen LogP contribution in [0.5, 0.6) is 0 Å². The van der Waals surface area contributed by atoms with E-state index in [4.69, 9.17) is 4.98 Å². The molecule has 25 heavy (non-hydrogen) atoms. The molecule has 0 aliphatic heterocycles. The number of aromatic carboxylic acids is 1. The van der Waals surface area contributed by atoms with E-state index >= 15 is 0 Å². The Morgan fingerprint density at radius 2 is 1.56 bits per heavy atom. The molecule has 4 heteroatoms. The van der Waals surface area contributed by atoms with Crippen LogP contribution in [0.4, 0.5) is 0 Å². The Bertz CT molecular complexity index is 744. The minimum Gasteiger partial charge on any atom is -0.477 e. The lowest BCUT2D eigenvalue weighted by molar-refractivity contribution is 0.0690. The highest BCUT2D eigenvalue weighted by atomic mass is 16.4. The maximum absolute atomic E-state index is 11.2. The Morgan fingerprint density at radius 1 is 0.960 bits per heavy atom. The summed E-state index contributed by atoms with van der Waals surface area (Å²) in [5.74, 6) is -0.992. The van der Waals surface area contributed by atoms with Crippen LogP contribution >= 0.6 is 0 Å². The smallest absolute Gasteiger partial charge is 0.354 e. The largest absolute Gasteiger partial charge is 0.477 e. The summed E-state index contributed by atoms with van der Waals surface area (Å²) in [5, 5.41) is 9.19. The fraction of sp³-hybridized carbons (Fsp3) is 0.476. The number of pyridine rings is 2. The average Bonchev–Trinajstić information content (AvgIpc) is 2.59. The summed E-state index contributed by atoms with van der Waals surface area (Å²) in [5.41, 5.74) is 2.87. The third-order valence-corrected chi connectivity index (χ3v) is 4.96. The molecule has 0 saturated carbocycles. The molecule has 0 atom stereocenters. The predicted octanol–water partition coefficient (Wildman–Crippen LogP) is 4.77. The van der Waals surface area contributed by atoms with E-state index in [-0.39, 0.29) is 16.5 Å². The lowest BCUT2D eigenvalue weighted by Crippen LogP contribution is -2.30. The second-order valence-corrected chi connectivity index (χ2v) is 7.64. The summed E-state index contributed by atoms with van der Waals surface area (Å²) in [4.78, 5) is 20.5. The first-order valence-corrected chi connectivity index (χ1v) is 8.89. The van der Waals surface area contributed by atoms with Crippen molar-refractivity contribution in [1.29, 1.82) is 0 Å². The number of rotatable bonds is 6. The maximum Gasteiger partial charge on any atom is 0.354 e. The Hall–Kier alpha value is -2.23. The minimum absolute atomic E-state index is 0.00922. The SMILES string of the molecule is CCC(CC)(Cc1cccc(C(=O)O)n1)c1cccc(C(C)(C)C)n1. The molecule has 2 aromatic rings. The molecule has 0 fully saturated rings. The molecule has 0 spiro atoms. The van der Waals surface area contributed by atoms with Gasteiger partial charge in [-0.3, -0.25) is 4.98 Å². The van der Waals surface area contributed by atoms with Gasteiger partial charge in [0.25, 0.3) is 0 Å². The molecule has 0 bridgehead atoms. The molecular weight excluding hydrogens is 312 g/mol. The molecule has 2 rings (SSSR count). The van der Waals surface area contributed by atoms with Crippen LogP contribution < -0.4 is 0 Å². The summed E-state index contributed by atoms with van der Waals surface area (Å²) in [6, 6.07) is 11.4. The zero-order valence-corrected chi connectivity index (χ0v) is 15.8. The van der Waals surface area contributed by atoms with Crippen molar-refractivity contribution < 1.29 is 9.90 Å². The van der Waals surface area contributed by atoms with Crippen LogP contribution in [0.1, 0.15) is 75.0 Å². The molecule has 0 unspecified atom stereocenters. The number of carboxylic acid groups (broad SMARTS) is 1. The maximum atomic E-state index is 11.2. The first-order valence-electron chi connectivity index (χ1n) is 8.89. The molecule has 0 aliphatic carbocycles. The zero-order valence-electron chi connectivity index (χ0n) is 15.8. The Kier molecular flexibility index (Phi) is 5.61. The van der Waals surface area contributed by atoms with Gasteiger partial charge in [0.05, 0.1) is 0 Å². The van der Waals surface area contributed by atoms with Crippen LogP contribution in [0, 0.1) is 0 Å². The Labute approximate surface area is 150 Å². The van der Waals surface area contributed by atoms with Gasteiger partial charge in [-0.2, -0.15) is 0 Å². The van der Waals surface area contributed by atoms with E-state index in [1.165, 1.54) is 6.07 Å². The summed E-state index contributed by atoms with van der Waals surface area (Å²) in [6.45, 7) is 10.8. The molecule has 0 amide bonds. The first-order chi connectivity index (χ1) is 11.7. The number of carbonyl (C=O) groups is 1. The number of nitrogens with zero attached hydrogens (tertiary/aromatic N) is 2. The fourth-order valence-electron chi connectivity index (χ4n) is 3.14. The third kappa shape index (κ3) is 4.25. The van der Waals surface area contributed by atoms with Crippen molar-refractivity contribution in [2.24, 2.45) is 0 Å². The molecule has 0 aromatic carbocycles. The van der Waals surface area contributed by atoms with Crippen LogP contribution in [-0.2, 0) is 17.3 Å². The van der Waals surface area contributed by atoms with Gasteiger partial charge in [-0.15, -0.1) is 0 Å². The molecule has 2 aromatic heterocycles. The van der Waals surface area contributed by atoms with Crippen molar-refractivity contribution in [3.8, 4) is 0 Å². The number of aromatic nitrogens is 2. The standard InChI is InChI=1S/C21H28N2O2/c1-6-21(7-2,14-15-10-8-11-16(22-15)19(24)25)18-13-9-12-17(23-18)20(3,4)5/h8-13H,6-7,14H2,1-5H3,(H,24,25). The van der Waals surface area contributed by atoms with E-state index in [0.29, 0.717) is 6.42 Å². The Balaban J connectivity index is 2.45. The lowest BCUT2D eigenvalue weighted by Gasteiger charge is -2.32. The molecular formula is C21H28N2O2. The van der Waals surface area contributed by atoms with Crippen LogP contribution in [0.2, 0.25) is 0 Å². The molecule has 2 heterocycles. The molecule has 4 nitrogen and oxygen atoms in total. The molecule has 0 saturated heterocycles. The van der Waals surface area contributed by atoms with Crippen molar-refractivity contribution in [2.75, 3.05) is 0 Å². The summed E-state index contributed by atoms with van der Waals surface area (Å²) < 4.78 is 0. The highest BCUT2D eigenvalue weighted by Crippen LogP contribution is 2.35. The number of carboxylic acids is 1. The van der Waals surface area contributed by atoms with Gasteiger partial charge < -0.3 is 5.11 Å². The molecule has 0 aliphatic rings. The zero-order chi connectivity index (χ0) is 18.7. The van der Waals surface area contributed by atoms with Crippen molar-refractivity contribution in [3.63, 3.8) is 0 Å². The van der Waals surface area contributed by atoms with Crippen molar-refractivity contribution in [1.82, 2.24) is 9.97 Å². The molecule has 134 valence electrons. The summed E-state index contributed by atoms with van der Waals surface area (Å²) in [7, 11) is 0. The van der Waals surface area contributed by atoms with Crippen molar-refractivity contribution in [3.05, 3.63) is 59.2 Å². The lowest BCUT2D eigenvalue weighted by atomic mass is 9.74. The van der Waals surface area contributed by atoms with Crippen LogP contribution in [-0.4, -0.2) is 21.0 Å². The van der Waals surface area contributed by atoms with Crippen LogP contribution in [0.3, 0.4) is 0 Å². The van der Waals surface area contributed by atoms with Crippen LogP contribution in [0.25, 0.3) is 0 Å². The second-order valence-electron chi connectivity index (χ2n) is 7.64. The average molecular weight is 340 g/mol. The van der Waals surface area contributed by atoms with E-state index in [0.717, 1.165) is 29.9 Å². The third-order valence-electron chi connectivity index (χ3n) is 4.96. The number of hydrogen-bond donors (Lipinski definition) is 1. The van der Waals surface area contributed by atoms with E-state index < -0.39 is 5.97 Å². The van der Waals surface area contributed by atoms with Gasteiger partial charge in [0, 0.05) is 34.3 Å². The summed E-state index contributed by atoms with van der Waals surface area (Å²) in [6.07, 6.45) is 2.52. The normalized spacial score (nSPS) is 12.2.